The molecule has 0 aromatic rings. The maximum Gasteiger partial charge on any atom is 0 e. The summed E-state index contributed by atoms with van der Waals surface area (Å²) in [6, 6.07) is 0. The molecule has 0 N–H and O–H groups in total. The Morgan fingerprint density at radius 2 is 1.11 bits per heavy atom. The van der Waals surface area contributed by atoms with Gasteiger partial charge in [-0.15, -0.1) is 0 Å². The van der Waals surface area contributed by atoms with Crippen LogP contribution in [-0.4, -0.2) is 0 Å². The Kier molecular flexibility index (Phi) is 10.5. The van der Waals surface area contributed by atoms with Gasteiger partial charge in [0.1, 0.15) is 0 Å². The van der Waals surface area contributed by atoms with E-state index in [2.05, 4.69) is 52.0 Å². The van der Waals surface area contributed by atoms with Crippen LogP contribution in [0.4, 0.5) is 0 Å². The van der Waals surface area contributed by atoms with Gasteiger partial charge in [0, 0.05) is 25.8 Å². The van der Waals surface area contributed by atoms with E-state index in [4.69, 9.17) is 0 Å². The monoisotopic (exact) mass is 422 g/mol. The number of allylic oxidation sites excluding steroid dienone is 8. The van der Waals surface area contributed by atoms with Gasteiger partial charge < -0.3 is 0 Å². The fraction of sp³-hybridized carbons (Fsp3) is 0.556. The number of rotatable bonds is 4. The van der Waals surface area contributed by atoms with Gasteiger partial charge in [0.15, 0.2) is 0 Å². The molecule has 0 heterocycles. The van der Waals surface area contributed by atoms with E-state index in [9.17, 15) is 0 Å². The fourth-order valence-corrected chi connectivity index (χ4v) is 2.08. The first kappa shape index (κ1) is 18.8. The standard InChI is InChI=1S/2C9H13.Hf/c2*1-3-8-5-6-9(4-2)7-8;/h2*5H,3-4,6H2,1-2H3;/q2*-1;. The van der Waals surface area contributed by atoms with Gasteiger partial charge in [0.2, 0.25) is 0 Å². The van der Waals surface area contributed by atoms with Crippen molar-refractivity contribution in [1.82, 2.24) is 0 Å². The Balaban J connectivity index is 0.000000324. The molecule has 2 aliphatic carbocycles. The largest absolute Gasteiger partial charge is 0.250 e. The zero-order valence-corrected chi connectivity index (χ0v) is 16.5. The first-order chi connectivity index (χ1) is 8.73. The van der Waals surface area contributed by atoms with Crippen LogP contribution in [0, 0.1) is 12.2 Å². The van der Waals surface area contributed by atoms with Crippen molar-refractivity contribution in [3.63, 3.8) is 0 Å². The van der Waals surface area contributed by atoms with Crippen molar-refractivity contribution in [2.45, 2.75) is 66.2 Å². The van der Waals surface area contributed by atoms with E-state index in [1.165, 1.54) is 35.1 Å². The van der Waals surface area contributed by atoms with Crippen LogP contribution in [0.15, 0.2) is 34.4 Å². The van der Waals surface area contributed by atoms with Crippen molar-refractivity contribution in [3.05, 3.63) is 46.6 Å². The van der Waals surface area contributed by atoms with Crippen molar-refractivity contribution in [1.29, 1.82) is 0 Å². The molecule has 0 saturated carbocycles. The van der Waals surface area contributed by atoms with E-state index in [0.717, 1.165) is 25.7 Å². The van der Waals surface area contributed by atoms with Gasteiger partial charge in [0.25, 0.3) is 0 Å². The Morgan fingerprint density at radius 3 is 1.26 bits per heavy atom. The second kappa shape index (κ2) is 10.6. The quantitative estimate of drug-likeness (QED) is 0.402. The van der Waals surface area contributed by atoms with Crippen molar-refractivity contribution < 1.29 is 25.8 Å². The summed E-state index contributed by atoms with van der Waals surface area (Å²) in [4.78, 5) is 0. The molecule has 0 nitrogen and oxygen atoms in total. The van der Waals surface area contributed by atoms with Gasteiger partial charge in [-0.1, -0.05) is 66.2 Å². The second-order valence-electron chi connectivity index (χ2n) is 4.74. The first-order valence-electron chi connectivity index (χ1n) is 7.34. The summed E-state index contributed by atoms with van der Waals surface area (Å²) in [7, 11) is 0. The van der Waals surface area contributed by atoms with E-state index < -0.39 is 0 Å². The molecule has 19 heavy (non-hydrogen) atoms. The van der Waals surface area contributed by atoms with Crippen LogP contribution in [0.3, 0.4) is 0 Å². The van der Waals surface area contributed by atoms with Crippen LogP contribution in [0.2, 0.25) is 0 Å². The molecule has 2 rings (SSSR count). The summed E-state index contributed by atoms with van der Waals surface area (Å²) >= 11 is 0. The summed E-state index contributed by atoms with van der Waals surface area (Å²) in [6.45, 7) is 8.73. The van der Waals surface area contributed by atoms with Crippen LogP contribution < -0.4 is 0 Å². The third-order valence-corrected chi connectivity index (χ3v) is 3.48. The van der Waals surface area contributed by atoms with Crippen LogP contribution >= 0.6 is 0 Å². The minimum atomic E-state index is 0. The van der Waals surface area contributed by atoms with Crippen LogP contribution in [-0.2, 0) is 25.8 Å². The van der Waals surface area contributed by atoms with Crippen molar-refractivity contribution in [3.8, 4) is 0 Å². The molecular weight excluding hydrogens is 395 g/mol. The molecular formula is C18H26Hf-2. The number of hydrogen-bond acceptors (Lipinski definition) is 0. The maximum atomic E-state index is 3.37. The Morgan fingerprint density at radius 1 is 0.737 bits per heavy atom. The summed E-state index contributed by atoms with van der Waals surface area (Å²) in [5.74, 6) is 0. The smallest absolute Gasteiger partial charge is 0 e. The van der Waals surface area contributed by atoms with Gasteiger partial charge in [-0.2, -0.15) is 11.1 Å². The molecule has 0 saturated heterocycles. The van der Waals surface area contributed by atoms with E-state index in [1.807, 2.05) is 0 Å². The maximum absolute atomic E-state index is 3.37. The van der Waals surface area contributed by atoms with E-state index in [1.54, 1.807) is 0 Å². The molecule has 0 radical (unpaired) electrons. The average molecular weight is 421 g/mol. The van der Waals surface area contributed by atoms with Crippen molar-refractivity contribution >= 4 is 0 Å². The van der Waals surface area contributed by atoms with Gasteiger partial charge in [0.05, 0.1) is 0 Å². The van der Waals surface area contributed by atoms with Gasteiger partial charge in [-0.25, -0.2) is 35.5 Å². The Labute approximate surface area is 138 Å². The third kappa shape index (κ3) is 6.70. The minimum Gasteiger partial charge on any atom is -0.250 e. The summed E-state index contributed by atoms with van der Waals surface area (Å²) in [5, 5.41) is 0. The molecule has 0 atom stereocenters. The predicted octanol–water partition coefficient (Wildman–Crippen LogP) is 5.73. The molecule has 0 unspecified atom stereocenters. The van der Waals surface area contributed by atoms with Crippen LogP contribution in [0.1, 0.15) is 66.2 Å². The summed E-state index contributed by atoms with van der Waals surface area (Å²) < 4.78 is 0. The molecule has 0 fully saturated rings. The molecule has 2 aliphatic rings. The SMILES string of the molecule is CCC1=[C-]C(CC)=CC1.CCC1=[C-]C(CC)=CC1.[Hf]. The minimum absolute atomic E-state index is 0. The normalized spacial score (nSPS) is 16.6. The van der Waals surface area contributed by atoms with E-state index in [0.29, 0.717) is 0 Å². The zero-order valence-electron chi connectivity index (χ0n) is 12.9. The molecule has 0 bridgehead atoms. The predicted molar refractivity (Wildman–Crippen MR) is 80.1 cm³/mol. The fourth-order valence-electron chi connectivity index (χ4n) is 2.08. The van der Waals surface area contributed by atoms with Gasteiger partial charge >= 0.3 is 0 Å². The molecule has 0 aromatic heterocycles. The molecule has 0 aromatic carbocycles. The van der Waals surface area contributed by atoms with Crippen LogP contribution in [0.25, 0.3) is 0 Å². The van der Waals surface area contributed by atoms with Gasteiger partial charge in [-0.3, -0.25) is 0 Å². The zero-order chi connectivity index (χ0) is 13.4. The molecule has 0 aliphatic heterocycles. The average Bonchev–Trinajstić information content (AvgIpc) is 3.07. The molecule has 104 valence electrons. The first-order valence-corrected chi connectivity index (χ1v) is 7.34. The van der Waals surface area contributed by atoms with Crippen LogP contribution in [0.5, 0.6) is 0 Å². The second-order valence-corrected chi connectivity index (χ2v) is 4.74. The van der Waals surface area contributed by atoms with Crippen molar-refractivity contribution in [2.75, 3.05) is 0 Å². The van der Waals surface area contributed by atoms with Gasteiger partial charge in [-0.05, 0) is 0 Å². The Bertz CT molecular complexity index is 342. The molecule has 0 amide bonds. The van der Waals surface area contributed by atoms with E-state index in [-0.39, 0.29) is 25.8 Å². The molecule has 1 heteroatoms. The Hall–Kier alpha value is -0.170. The molecule has 0 spiro atoms. The van der Waals surface area contributed by atoms with Crippen molar-refractivity contribution in [2.24, 2.45) is 0 Å². The number of hydrogen-bond donors (Lipinski definition) is 0. The van der Waals surface area contributed by atoms with E-state index >= 15 is 0 Å². The summed E-state index contributed by atoms with van der Waals surface area (Å²) in [5.41, 5.74) is 5.72. The summed E-state index contributed by atoms with van der Waals surface area (Å²) in [6.07, 6.45) is 18.2. The topological polar surface area (TPSA) is 0 Å². The third-order valence-electron chi connectivity index (χ3n) is 3.48.